The van der Waals surface area contributed by atoms with Crippen molar-refractivity contribution in [1.29, 1.82) is 0 Å². The lowest BCUT2D eigenvalue weighted by Crippen LogP contribution is -2.34. The van der Waals surface area contributed by atoms with Crippen LogP contribution < -0.4 is 14.8 Å². The van der Waals surface area contributed by atoms with Crippen molar-refractivity contribution in [3.8, 4) is 11.5 Å². The lowest BCUT2D eigenvalue weighted by atomic mass is 9.89. The Balaban J connectivity index is 1.44. The van der Waals surface area contributed by atoms with Crippen LogP contribution in [0.5, 0.6) is 11.5 Å². The van der Waals surface area contributed by atoms with E-state index in [-0.39, 0.29) is 23.7 Å². The summed E-state index contributed by atoms with van der Waals surface area (Å²) in [4.78, 5) is 39.5. The van der Waals surface area contributed by atoms with Crippen LogP contribution in [-0.4, -0.2) is 42.2 Å². The van der Waals surface area contributed by atoms with E-state index >= 15 is 0 Å². The molecule has 1 saturated carbocycles. The van der Waals surface area contributed by atoms with Gasteiger partial charge in [-0.05, 0) is 66.4 Å². The maximum absolute atomic E-state index is 13.0. The van der Waals surface area contributed by atoms with Crippen molar-refractivity contribution in [3.63, 3.8) is 0 Å². The first kappa shape index (κ1) is 25.3. The van der Waals surface area contributed by atoms with E-state index in [0.717, 1.165) is 37.4 Å². The minimum Gasteiger partial charge on any atom is -0.493 e. The number of rotatable bonds is 8. The molecular weight excluding hydrogens is 532 g/mol. The Morgan fingerprint density at radius 2 is 1.89 bits per heavy atom. The Bertz CT molecular complexity index is 1130. The number of ether oxygens (including phenoxy) is 2. The largest absolute Gasteiger partial charge is 0.493 e. The molecule has 1 aliphatic heterocycles. The molecule has 9 heteroatoms. The van der Waals surface area contributed by atoms with Gasteiger partial charge in [0.25, 0.3) is 17.1 Å². The van der Waals surface area contributed by atoms with Gasteiger partial charge in [-0.3, -0.25) is 19.3 Å². The Morgan fingerprint density at radius 1 is 1.14 bits per heavy atom. The third-order valence-electron chi connectivity index (χ3n) is 6.02. The minimum absolute atomic E-state index is 0.197. The zero-order valence-electron chi connectivity index (χ0n) is 19.4. The zero-order chi connectivity index (χ0) is 24.8. The van der Waals surface area contributed by atoms with Crippen molar-refractivity contribution in [2.45, 2.75) is 32.1 Å². The Hall–Kier alpha value is -2.78. The van der Waals surface area contributed by atoms with Crippen LogP contribution in [0.3, 0.4) is 0 Å². The summed E-state index contributed by atoms with van der Waals surface area (Å²) in [5.74, 6) is 0.622. The molecule has 1 heterocycles. The summed E-state index contributed by atoms with van der Waals surface area (Å²) in [6.07, 6.45) is 7.36. The van der Waals surface area contributed by atoms with E-state index in [0.29, 0.717) is 44.6 Å². The van der Waals surface area contributed by atoms with Crippen LogP contribution in [0.2, 0.25) is 0 Å². The second-order valence-corrected chi connectivity index (χ2v) is 10.4. The molecule has 4 rings (SSSR count). The van der Waals surface area contributed by atoms with Gasteiger partial charge in [0.1, 0.15) is 0 Å². The molecule has 0 bridgehead atoms. The van der Waals surface area contributed by atoms with E-state index in [1.54, 1.807) is 30.3 Å². The van der Waals surface area contributed by atoms with Crippen molar-refractivity contribution >= 4 is 56.5 Å². The van der Waals surface area contributed by atoms with E-state index in [1.807, 2.05) is 18.2 Å². The average molecular weight is 559 g/mol. The van der Waals surface area contributed by atoms with E-state index in [2.05, 4.69) is 21.2 Å². The number of carbonyl (C=O) groups excluding carboxylic acids is 3. The number of amides is 3. The fourth-order valence-electron chi connectivity index (χ4n) is 4.22. The summed E-state index contributed by atoms with van der Waals surface area (Å²) in [6, 6.07) is 12.5. The monoisotopic (exact) mass is 558 g/mol. The number of methoxy groups -OCH3 is 1. The molecule has 35 heavy (non-hydrogen) atoms. The molecule has 2 aromatic carbocycles. The Labute approximate surface area is 217 Å². The number of hydrogen-bond donors (Lipinski definition) is 1. The van der Waals surface area contributed by atoms with Crippen LogP contribution in [0.15, 0.2) is 51.8 Å². The van der Waals surface area contributed by atoms with Gasteiger partial charge in [-0.15, -0.1) is 0 Å². The Morgan fingerprint density at radius 3 is 2.60 bits per heavy atom. The van der Waals surface area contributed by atoms with Gasteiger partial charge in [0, 0.05) is 16.7 Å². The highest BCUT2D eigenvalue weighted by molar-refractivity contribution is 9.10. The number of halogens is 1. The van der Waals surface area contributed by atoms with Gasteiger partial charge in [-0.25, -0.2) is 0 Å². The molecule has 7 nitrogen and oxygen atoms in total. The number of hydrogen-bond acceptors (Lipinski definition) is 6. The molecule has 0 radical (unpaired) electrons. The number of thioether (sulfide) groups is 1. The van der Waals surface area contributed by atoms with Crippen LogP contribution in [0, 0.1) is 5.92 Å². The van der Waals surface area contributed by atoms with Gasteiger partial charge in [0.2, 0.25) is 0 Å². The lowest BCUT2D eigenvalue weighted by molar-refractivity contribution is -0.123. The summed E-state index contributed by atoms with van der Waals surface area (Å²) in [5.41, 5.74) is 1.35. The normalized spacial score (nSPS) is 17.7. The van der Waals surface area contributed by atoms with Crippen molar-refractivity contribution in [3.05, 3.63) is 57.4 Å². The number of benzene rings is 2. The number of carbonyl (C=O) groups is 3. The molecule has 2 aromatic rings. The van der Waals surface area contributed by atoms with Crippen LogP contribution in [-0.2, 0) is 9.59 Å². The van der Waals surface area contributed by atoms with Gasteiger partial charge in [-0.1, -0.05) is 53.4 Å². The highest BCUT2D eigenvalue weighted by Crippen LogP contribution is 2.39. The third kappa shape index (κ3) is 6.46. The number of anilines is 1. The van der Waals surface area contributed by atoms with Crippen molar-refractivity contribution in [1.82, 2.24) is 4.90 Å². The molecule has 2 aliphatic rings. The fraction of sp³-hybridized carbons (Fsp3) is 0.346. The molecule has 184 valence electrons. The molecule has 1 N–H and O–H groups in total. The molecule has 2 fully saturated rings. The summed E-state index contributed by atoms with van der Waals surface area (Å²) in [5, 5.41) is 2.54. The fourth-order valence-corrected chi connectivity index (χ4v) is 5.50. The summed E-state index contributed by atoms with van der Waals surface area (Å²) < 4.78 is 11.8. The third-order valence-corrected chi connectivity index (χ3v) is 7.62. The van der Waals surface area contributed by atoms with Crippen LogP contribution in [0.4, 0.5) is 10.5 Å². The van der Waals surface area contributed by atoms with E-state index in [1.165, 1.54) is 18.4 Å². The average Bonchev–Trinajstić information content (AvgIpc) is 3.12. The summed E-state index contributed by atoms with van der Waals surface area (Å²) in [6.45, 7) is 0.293. The highest BCUT2D eigenvalue weighted by Gasteiger charge is 2.36. The highest BCUT2D eigenvalue weighted by atomic mass is 79.9. The molecule has 1 aliphatic carbocycles. The maximum atomic E-state index is 13.0. The van der Waals surface area contributed by atoms with Gasteiger partial charge >= 0.3 is 0 Å². The molecular formula is C26H27BrN2O5S. The molecule has 1 saturated heterocycles. The number of nitrogens with zero attached hydrogens (tertiary/aromatic N) is 1. The first-order chi connectivity index (χ1) is 16.9. The lowest BCUT2D eigenvalue weighted by Gasteiger charge is -2.25. The van der Waals surface area contributed by atoms with Crippen LogP contribution in [0.1, 0.15) is 37.7 Å². The quantitative estimate of drug-likeness (QED) is 0.394. The van der Waals surface area contributed by atoms with Crippen LogP contribution in [0.25, 0.3) is 6.08 Å². The predicted molar refractivity (Wildman–Crippen MR) is 141 cm³/mol. The molecule has 0 aromatic heterocycles. The van der Waals surface area contributed by atoms with Gasteiger partial charge in [0.15, 0.2) is 18.1 Å². The zero-order valence-corrected chi connectivity index (χ0v) is 21.8. The maximum Gasteiger partial charge on any atom is 0.293 e. The number of para-hydroxylation sites is 1. The number of nitrogens with one attached hydrogen (secondary N) is 1. The minimum atomic E-state index is -0.301. The molecule has 0 atom stereocenters. The first-order valence-electron chi connectivity index (χ1n) is 11.5. The second kappa shape index (κ2) is 11.8. The standard InChI is InChI=1S/C26H27BrN2O5S/c1-33-21-12-18(13-23-25(31)29(26(32)35-23)15-17-8-4-2-5-9-17)20(27)14-22(21)34-16-24(30)28-19-10-6-3-7-11-19/h3,6-7,10-14,17H,2,4-5,8-9,15-16H2,1H3,(H,28,30)/b23-13+. The summed E-state index contributed by atoms with van der Waals surface area (Å²) >= 11 is 4.47. The Kier molecular flexibility index (Phi) is 8.51. The smallest absolute Gasteiger partial charge is 0.293 e. The van der Waals surface area contributed by atoms with E-state index < -0.39 is 0 Å². The summed E-state index contributed by atoms with van der Waals surface area (Å²) in [7, 11) is 1.50. The number of imide groups is 1. The molecule has 0 spiro atoms. The molecule has 3 amide bonds. The van der Waals surface area contributed by atoms with Gasteiger partial charge in [0.05, 0.1) is 12.0 Å². The predicted octanol–water partition coefficient (Wildman–Crippen LogP) is 6.09. The van der Waals surface area contributed by atoms with Crippen molar-refractivity contribution < 1.29 is 23.9 Å². The SMILES string of the molecule is COc1cc(/C=C2/SC(=O)N(CC3CCCCC3)C2=O)c(Br)cc1OCC(=O)Nc1ccccc1. The first-order valence-corrected chi connectivity index (χ1v) is 13.2. The van der Waals surface area contributed by atoms with Crippen molar-refractivity contribution in [2.75, 3.05) is 25.6 Å². The molecule has 0 unspecified atom stereocenters. The van der Waals surface area contributed by atoms with Gasteiger partial charge in [-0.2, -0.15) is 0 Å². The second-order valence-electron chi connectivity index (χ2n) is 8.52. The topological polar surface area (TPSA) is 84.9 Å². The van der Waals surface area contributed by atoms with E-state index in [9.17, 15) is 14.4 Å². The van der Waals surface area contributed by atoms with E-state index in [4.69, 9.17) is 9.47 Å². The van der Waals surface area contributed by atoms with Gasteiger partial charge < -0.3 is 14.8 Å². The van der Waals surface area contributed by atoms with Crippen LogP contribution >= 0.6 is 27.7 Å². The van der Waals surface area contributed by atoms with Crippen molar-refractivity contribution in [2.24, 2.45) is 5.92 Å².